The van der Waals surface area contributed by atoms with Crippen LogP contribution in [0.4, 0.5) is 17.6 Å². The molecule has 0 bridgehead atoms. The van der Waals surface area contributed by atoms with Crippen LogP contribution in [0.3, 0.4) is 0 Å². The summed E-state index contributed by atoms with van der Waals surface area (Å²) >= 11 is 0. The lowest BCUT2D eigenvalue weighted by Gasteiger charge is -2.29. The van der Waals surface area contributed by atoms with Gasteiger partial charge < -0.3 is 15.1 Å². The van der Waals surface area contributed by atoms with E-state index in [1.165, 1.54) is 30.5 Å². The number of nitrogens with one attached hydrogen (secondary N) is 2. The Morgan fingerprint density at radius 1 is 1.15 bits per heavy atom. The SMILES string of the molecule is CCN(CC)C(=O)[C@H]1CCCN1c1nc2c(c(Nc3cc(C4CC5CC5C4)[nH]n3)n1)CCC2. The van der Waals surface area contributed by atoms with Gasteiger partial charge in [-0.15, -0.1) is 0 Å². The number of hydrogen-bond donors (Lipinski definition) is 2. The number of carbonyl (C=O) groups is 1. The van der Waals surface area contributed by atoms with Crippen LogP contribution in [0.15, 0.2) is 6.07 Å². The minimum Gasteiger partial charge on any atom is -0.341 e. The van der Waals surface area contributed by atoms with Crippen molar-refractivity contribution in [3.05, 3.63) is 23.0 Å². The van der Waals surface area contributed by atoms with Gasteiger partial charge in [0.25, 0.3) is 0 Å². The van der Waals surface area contributed by atoms with Crippen LogP contribution >= 0.6 is 0 Å². The van der Waals surface area contributed by atoms with Gasteiger partial charge in [-0.05, 0) is 77.0 Å². The first-order chi connectivity index (χ1) is 16.1. The van der Waals surface area contributed by atoms with E-state index in [-0.39, 0.29) is 11.9 Å². The standard InChI is InChI=1S/C25H35N7O/c1-3-31(4-2)24(33)21-9-6-10-32(21)25-26-19-8-5-7-18(19)23(28-25)27-22-14-20(29-30-22)17-12-15-11-16(15)13-17/h14-17,21H,3-13H2,1-2H3,(H2,26,27,28,29,30)/t15?,16?,17?,21-/m1/s1. The number of anilines is 3. The molecule has 3 aliphatic carbocycles. The first-order valence-electron chi connectivity index (χ1n) is 12.9. The Balaban J connectivity index is 1.25. The molecule has 1 amide bonds. The van der Waals surface area contributed by atoms with Crippen molar-refractivity contribution < 1.29 is 4.79 Å². The van der Waals surface area contributed by atoms with E-state index in [0.29, 0.717) is 11.9 Å². The maximum atomic E-state index is 13.2. The zero-order valence-corrected chi connectivity index (χ0v) is 19.8. The van der Waals surface area contributed by atoms with Crippen molar-refractivity contribution in [2.24, 2.45) is 11.8 Å². The Bertz CT molecular complexity index is 1040. The number of aromatic amines is 1. The van der Waals surface area contributed by atoms with Gasteiger partial charge >= 0.3 is 0 Å². The first-order valence-corrected chi connectivity index (χ1v) is 12.9. The summed E-state index contributed by atoms with van der Waals surface area (Å²) in [5, 5.41) is 11.4. The number of carbonyl (C=O) groups excluding carboxylic acids is 1. The molecule has 2 aromatic heterocycles. The molecule has 0 radical (unpaired) electrons. The van der Waals surface area contributed by atoms with Crippen LogP contribution in [0.25, 0.3) is 0 Å². The van der Waals surface area contributed by atoms with E-state index in [1.54, 1.807) is 0 Å². The lowest BCUT2D eigenvalue weighted by atomic mass is 10.00. The minimum atomic E-state index is -0.164. The zero-order chi connectivity index (χ0) is 22.5. The molecular formula is C25H35N7O. The Kier molecular flexibility index (Phi) is 5.26. The predicted octanol–water partition coefficient (Wildman–Crippen LogP) is 3.78. The molecule has 2 unspecified atom stereocenters. The quantitative estimate of drug-likeness (QED) is 0.669. The van der Waals surface area contributed by atoms with E-state index in [9.17, 15) is 4.79 Å². The fraction of sp³-hybridized carbons (Fsp3) is 0.680. The zero-order valence-electron chi connectivity index (χ0n) is 19.8. The van der Waals surface area contributed by atoms with E-state index in [0.717, 1.165) is 80.9 Å². The van der Waals surface area contributed by atoms with Gasteiger partial charge in [0.15, 0.2) is 5.82 Å². The Morgan fingerprint density at radius 2 is 1.97 bits per heavy atom. The third-order valence-electron chi connectivity index (χ3n) is 8.32. The average molecular weight is 450 g/mol. The van der Waals surface area contributed by atoms with Crippen molar-refractivity contribution in [1.29, 1.82) is 0 Å². The maximum Gasteiger partial charge on any atom is 0.245 e. The summed E-state index contributed by atoms with van der Waals surface area (Å²) in [5.41, 5.74) is 3.58. The van der Waals surface area contributed by atoms with Crippen molar-refractivity contribution in [1.82, 2.24) is 25.1 Å². The summed E-state index contributed by atoms with van der Waals surface area (Å²) in [6, 6.07) is 2.00. The molecule has 2 saturated carbocycles. The maximum absolute atomic E-state index is 13.2. The topological polar surface area (TPSA) is 90.0 Å². The Hall–Kier alpha value is -2.64. The summed E-state index contributed by atoms with van der Waals surface area (Å²) in [6.45, 7) is 6.39. The average Bonchev–Trinajstić information content (AvgIpc) is 3.39. The third kappa shape index (κ3) is 3.77. The number of aromatic nitrogens is 4. The molecule has 0 spiro atoms. The van der Waals surface area contributed by atoms with Gasteiger partial charge in [-0.2, -0.15) is 10.1 Å². The monoisotopic (exact) mass is 449 g/mol. The molecule has 6 rings (SSSR count). The third-order valence-corrected chi connectivity index (χ3v) is 8.32. The van der Waals surface area contributed by atoms with Gasteiger partial charge in [0, 0.05) is 42.9 Å². The van der Waals surface area contributed by atoms with Crippen LogP contribution in [-0.4, -0.2) is 56.6 Å². The lowest BCUT2D eigenvalue weighted by Crippen LogP contribution is -2.46. The molecule has 176 valence electrons. The van der Waals surface area contributed by atoms with Crippen molar-refractivity contribution in [2.75, 3.05) is 29.9 Å². The van der Waals surface area contributed by atoms with Crippen LogP contribution in [0.5, 0.6) is 0 Å². The summed E-state index contributed by atoms with van der Waals surface area (Å²) in [4.78, 5) is 27.1. The second-order valence-corrected chi connectivity index (χ2v) is 10.3. The van der Waals surface area contributed by atoms with Crippen LogP contribution in [-0.2, 0) is 17.6 Å². The highest BCUT2D eigenvalue weighted by molar-refractivity contribution is 5.85. The number of hydrogen-bond acceptors (Lipinski definition) is 6. The highest BCUT2D eigenvalue weighted by Gasteiger charge is 2.46. The van der Waals surface area contributed by atoms with Crippen molar-refractivity contribution in [3.8, 4) is 0 Å². The van der Waals surface area contributed by atoms with Crippen molar-refractivity contribution in [2.45, 2.75) is 77.2 Å². The number of nitrogens with zero attached hydrogens (tertiary/aromatic N) is 5. The number of amides is 1. The molecule has 33 heavy (non-hydrogen) atoms. The predicted molar refractivity (Wildman–Crippen MR) is 128 cm³/mol. The normalized spacial score (nSPS) is 27.5. The van der Waals surface area contributed by atoms with Gasteiger partial charge in [-0.1, -0.05) is 0 Å². The number of H-pyrrole nitrogens is 1. The van der Waals surface area contributed by atoms with Crippen LogP contribution in [0.2, 0.25) is 0 Å². The summed E-state index contributed by atoms with van der Waals surface area (Å²) in [5.74, 6) is 5.11. The van der Waals surface area contributed by atoms with Gasteiger partial charge in [0.05, 0.1) is 5.69 Å². The highest BCUT2D eigenvalue weighted by atomic mass is 16.2. The van der Waals surface area contributed by atoms with E-state index >= 15 is 0 Å². The molecule has 8 heteroatoms. The molecule has 3 fully saturated rings. The van der Waals surface area contributed by atoms with E-state index in [2.05, 4.69) is 26.5 Å². The van der Waals surface area contributed by atoms with Crippen LogP contribution < -0.4 is 10.2 Å². The Morgan fingerprint density at radius 3 is 2.76 bits per heavy atom. The molecule has 1 saturated heterocycles. The van der Waals surface area contributed by atoms with E-state index in [1.807, 2.05) is 18.7 Å². The van der Waals surface area contributed by atoms with Crippen LogP contribution in [0.1, 0.15) is 75.2 Å². The lowest BCUT2D eigenvalue weighted by molar-refractivity contribution is -0.132. The molecule has 3 heterocycles. The smallest absolute Gasteiger partial charge is 0.245 e. The first kappa shape index (κ1) is 20.9. The number of rotatable bonds is 7. The number of likely N-dealkylation sites (N-methyl/N-ethyl adjacent to an activating group) is 1. The van der Waals surface area contributed by atoms with E-state index < -0.39 is 0 Å². The van der Waals surface area contributed by atoms with Crippen molar-refractivity contribution >= 4 is 23.5 Å². The molecule has 8 nitrogen and oxygen atoms in total. The van der Waals surface area contributed by atoms with E-state index in [4.69, 9.17) is 9.97 Å². The summed E-state index contributed by atoms with van der Waals surface area (Å²) < 4.78 is 0. The Labute approximate surface area is 195 Å². The van der Waals surface area contributed by atoms with Gasteiger partial charge in [-0.3, -0.25) is 9.89 Å². The molecule has 3 atom stereocenters. The minimum absolute atomic E-state index is 0.164. The fourth-order valence-electron chi connectivity index (χ4n) is 6.36. The molecule has 2 N–H and O–H groups in total. The van der Waals surface area contributed by atoms with Crippen molar-refractivity contribution in [3.63, 3.8) is 0 Å². The highest BCUT2D eigenvalue weighted by Crippen LogP contribution is 2.57. The summed E-state index contributed by atoms with van der Waals surface area (Å²) in [6.07, 6.45) is 8.95. The van der Waals surface area contributed by atoms with Crippen LogP contribution in [0, 0.1) is 11.8 Å². The second kappa shape index (κ2) is 8.29. The molecule has 2 aromatic rings. The van der Waals surface area contributed by atoms with Gasteiger partial charge in [0.2, 0.25) is 11.9 Å². The summed E-state index contributed by atoms with van der Waals surface area (Å²) in [7, 11) is 0. The number of aryl methyl sites for hydroxylation is 1. The molecule has 0 aromatic carbocycles. The molecule has 1 aliphatic heterocycles. The molecule has 4 aliphatic rings. The second-order valence-electron chi connectivity index (χ2n) is 10.3. The largest absolute Gasteiger partial charge is 0.341 e. The number of fused-ring (bicyclic) bond motifs is 2. The molecular weight excluding hydrogens is 414 g/mol. The van der Waals surface area contributed by atoms with Gasteiger partial charge in [-0.25, -0.2) is 4.98 Å². The fourth-order valence-corrected chi connectivity index (χ4v) is 6.36. The van der Waals surface area contributed by atoms with Gasteiger partial charge in [0.1, 0.15) is 11.9 Å².